The van der Waals surface area contributed by atoms with Crippen molar-refractivity contribution in [2.75, 3.05) is 0 Å². The van der Waals surface area contributed by atoms with Gasteiger partial charge >= 0.3 is 0 Å². The minimum atomic E-state index is 0.807. The van der Waals surface area contributed by atoms with E-state index in [4.69, 9.17) is 16.7 Å². The molecule has 0 spiro atoms. The Hall–Kier alpha value is -1.28. The summed E-state index contributed by atoms with van der Waals surface area (Å²) < 4.78 is 1.91. The first kappa shape index (κ1) is 12.7. The first-order valence-electron chi connectivity index (χ1n) is 7.00. The van der Waals surface area contributed by atoms with Gasteiger partial charge in [-0.2, -0.15) is 5.10 Å². The Morgan fingerprint density at radius 3 is 2.42 bits per heavy atom. The second-order valence-electron chi connectivity index (χ2n) is 5.53. The van der Waals surface area contributed by atoms with Crippen LogP contribution in [-0.4, -0.2) is 9.78 Å². The molecule has 0 bridgehead atoms. The molecule has 0 atom stereocenters. The molecular weight excluding hydrogens is 256 g/mol. The average Bonchev–Trinajstić information content (AvgIpc) is 2.55. The van der Waals surface area contributed by atoms with E-state index in [-0.39, 0.29) is 0 Å². The topological polar surface area (TPSA) is 17.8 Å². The van der Waals surface area contributed by atoms with Crippen LogP contribution >= 0.6 is 11.6 Å². The molecular formula is C16H19ClN2. The highest BCUT2D eigenvalue weighted by Gasteiger charge is 2.19. The lowest BCUT2D eigenvalue weighted by molar-refractivity contribution is 0.694. The molecule has 1 heterocycles. The largest absolute Gasteiger partial charge is 0.222 e. The fraction of sp³-hybridized carbons (Fsp3) is 0.438. The van der Waals surface area contributed by atoms with Crippen molar-refractivity contribution in [3.63, 3.8) is 0 Å². The fourth-order valence-corrected chi connectivity index (χ4v) is 3.27. The second-order valence-corrected chi connectivity index (χ2v) is 5.89. The van der Waals surface area contributed by atoms with Crippen LogP contribution < -0.4 is 0 Å². The smallest absolute Gasteiger partial charge is 0.136 e. The summed E-state index contributed by atoms with van der Waals surface area (Å²) in [6.07, 6.45) is 5.88. The highest BCUT2D eigenvalue weighted by molar-refractivity contribution is 6.30. The first-order chi connectivity index (χ1) is 9.15. The van der Waals surface area contributed by atoms with Gasteiger partial charge in [0.1, 0.15) is 5.15 Å². The second kappa shape index (κ2) is 5.01. The standard InChI is InChI=1S/C16H19ClN2/c1-11-8-12(2)10-13(9-11)19-16(17)14-6-4-3-5-7-15(14)18-19/h8-10H,3-7H2,1-2H3. The molecule has 0 amide bonds. The van der Waals surface area contributed by atoms with E-state index in [2.05, 4.69) is 32.0 Å². The van der Waals surface area contributed by atoms with Crippen LogP contribution in [0.4, 0.5) is 0 Å². The van der Waals surface area contributed by atoms with Gasteiger partial charge in [0.15, 0.2) is 0 Å². The van der Waals surface area contributed by atoms with E-state index in [0.717, 1.165) is 23.7 Å². The number of rotatable bonds is 1. The quantitative estimate of drug-likeness (QED) is 0.704. The summed E-state index contributed by atoms with van der Waals surface area (Å²) in [5.74, 6) is 0. The molecule has 3 rings (SSSR count). The molecule has 100 valence electrons. The van der Waals surface area contributed by atoms with E-state index in [9.17, 15) is 0 Å². The highest BCUT2D eigenvalue weighted by atomic mass is 35.5. The third kappa shape index (κ3) is 2.42. The highest BCUT2D eigenvalue weighted by Crippen LogP contribution is 2.29. The van der Waals surface area contributed by atoms with Gasteiger partial charge in [0.25, 0.3) is 0 Å². The third-order valence-corrected chi connectivity index (χ3v) is 4.18. The monoisotopic (exact) mass is 274 g/mol. The third-order valence-electron chi connectivity index (χ3n) is 3.80. The normalized spacial score (nSPS) is 15.1. The van der Waals surface area contributed by atoms with Crippen molar-refractivity contribution >= 4 is 11.6 Å². The number of halogens is 1. The minimum absolute atomic E-state index is 0.807. The molecule has 0 fully saturated rings. The number of aryl methyl sites for hydroxylation is 3. The predicted molar refractivity (Wildman–Crippen MR) is 79.3 cm³/mol. The Labute approximate surface area is 119 Å². The van der Waals surface area contributed by atoms with Gasteiger partial charge < -0.3 is 0 Å². The van der Waals surface area contributed by atoms with E-state index in [1.807, 2.05) is 4.68 Å². The van der Waals surface area contributed by atoms with Crippen LogP contribution in [0.1, 0.15) is 41.6 Å². The molecule has 19 heavy (non-hydrogen) atoms. The van der Waals surface area contributed by atoms with Crippen molar-refractivity contribution in [2.45, 2.75) is 46.0 Å². The van der Waals surface area contributed by atoms with E-state index in [1.54, 1.807) is 0 Å². The van der Waals surface area contributed by atoms with Crippen molar-refractivity contribution in [1.29, 1.82) is 0 Å². The molecule has 3 heteroatoms. The molecule has 1 aliphatic rings. The number of hydrogen-bond acceptors (Lipinski definition) is 1. The maximum Gasteiger partial charge on any atom is 0.136 e. The van der Waals surface area contributed by atoms with Crippen LogP contribution in [-0.2, 0) is 12.8 Å². The van der Waals surface area contributed by atoms with Gasteiger partial charge in [-0.25, -0.2) is 4.68 Å². The SMILES string of the molecule is Cc1cc(C)cc(-n2nc3c(c2Cl)CCCCC3)c1. The van der Waals surface area contributed by atoms with Gasteiger partial charge in [0.2, 0.25) is 0 Å². The van der Waals surface area contributed by atoms with Crippen molar-refractivity contribution in [3.05, 3.63) is 45.7 Å². The van der Waals surface area contributed by atoms with Crippen LogP contribution in [0.2, 0.25) is 5.15 Å². The Morgan fingerprint density at radius 1 is 1.00 bits per heavy atom. The van der Waals surface area contributed by atoms with Crippen LogP contribution in [0.5, 0.6) is 0 Å². The van der Waals surface area contributed by atoms with Crippen molar-refractivity contribution in [1.82, 2.24) is 9.78 Å². The Kier molecular flexibility index (Phi) is 3.36. The number of aromatic nitrogens is 2. The summed E-state index contributed by atoms with van der Waals surface area (Å²) in [5, 5.41) is 5.55. The zero-order valence-electron chi connectivity index (χ0n) is 11.5. The van der Waals surface area contributed by atoms with E-state index in [0.29, 0.717) is 0 Å². The molecule has 1 aromatic carbocycles. The molecule has 0 aliphatic heterocycles. The lowest BCUT2D eigenvalue weighted by Gasteiger charge is -2.07. The maximum atomic E-state index is 6.55. The molecule has 1 aliphatic carbocycles. The fourth-order valence-electron chi connectivity index (χ4n) is 2.94. The molecule has 0 saturated heterocycles. The van der Waals surface area contributed by atoms with Crippen molar-refractivity contribution < 1.29 is 0 Å². The number of nitrogens with zero attached hydrogens (tertiary/aromatic N) is 2. The van der Waals surface area contributed by atoms with E-state index < -0.39 is 0 Å². The van der Waals surface area contributed by atoms with Crippen molar-refractivity contribution in [2.24, 2.45) is 0 Å². The Balaban J connectivity index is 2.10. The van der Waals surface area contributed by atoms with Gasteiger partial charge in [0.05, 0.1) is 11.4 Å². The number of benzene rings is 1. The van der Waals surface area contributed by atoms with Crippen LogP contribution in [0.15, 0.2) is 18.2 Å². The van der Waals surface area contributed by atoms with Gasteiger partial charge in [0, 0.05) is 5.56 Å². The molecule has 0 saturated carbocycles. The van der Waals surface area contributed by atoms with Gasteiger partial charge in [-0.15, -0.1) is 0 Å². The Bertz CT molecular complexity index is 593. The number of fused-ring (bicyclic) bond motifs is 1. The van der Waals surface area contributed by atoms with E-state index >= 15 is 0 Å². The zero-order chi connectivity index (χ0) is 13.4. The zero-order valence-corrected chi connectivity index (χ0v) is 12.3. The molecule has 0 unspecified atom stereocenters. The number of hydrogen-bond donors (Lipinski definition) is 0. The van der Waals surface area contributed by atoms with Gasteiger partial charge in [-0.05, 0) is 62.8 Å². The van der Waals surface area contributed by atoms with Crippen molar-refractivity contribution in [3.8, 4) is 5.69 Å². The molecule has 1 aromatic heterocycles. The molecule has 0 N–H and O–H groups in total. The van der Waals surface area contributed by atoms with Crippen LogP contribution in [0.3, 0.4) is 0 Å². The molecule has 2 aromatic rings. The summed E-state index contributed by atoms with van der Waals surface area (Å²) in [5.41, 5.74) is 6.03. The van der Waals surface area contributed by atoms with Crippen LogP contribution in [0, 0.1) is 13.8 Å². The Morgan fingerprint density at radius 2 is 1.68 bits per heavy atom. The summed E-state index contributed by atoms with van der Waals surface area (Å²) >= 11 is 6.55. The summed E-state index contributed by atoms with van der Waals surface area (Å²) in [4.78, 5) is 0. The minimum Gasteiger partial charge on any atom is -0.222 e. The van der Waals surface area contributed by atoms with Crippen LogP contribution in [0.25, 0.3) is 5.69 Å². The van der Waals surface area contributed by atoms with Gasteiger partial charge in [-0.1, -0.05) is 24.1 Å². The lowest BCUT2D eigenvalue weighted by Crippen LogP contribution is -1.99. The lowest BCUT2D eigenvalue weighted by atomic mass is 10.1. The summed E-state index contributed by atoms with van der Waals surface area (Å²) in [6.45, 7) is 4.22. The van der Waals surface area contributed by atoms with E-state index in [1.165, 1.54) is 41.6 Å². The average molecular weight is 275 g/mol. The summed E-state index contributed by atoms with van der Waals surface area (Å²) in [7, 11) is 0. The predicted octanol–water partition coefficient (Wildman–Crippen LogP) is 4.41. The summed E-state index contributed by atoms with van der Waals surface area (Å²) in [6, 6.07) is 6.46. The molecule has 0 radical (unpaired) electrons. The maximum absolute atomic E-state index is 6.55. The molecule has 2 nitrogen and oxygen atoms in total. The van der Waals surface area contributed by atoms with Gasteiger partial charge in [-0.3, -0.25) is 0 Å². The first-order valence-corrected chi connectivity index (χ1v) is 7.38.